The normalized spacial score (nSPS) is 11.3. The number of nitrogens with one attached hydrogen (secondary N) is 3. The summed E-state index contributed by atoms with van der Waals surface area (Å²) in [5.41, 5.74) is 1.59. The van der Waals surface area contributed by atoms with Gasteiger partial charge in [-0.1, -0.05) is 23.7 Å². The van der Waals surface area contributed by atoms with Crippen LogP contribution < -0.4 is 20.7 Å². The van der Waals surface area contributed by atoms with Gasteiger partial charge in [0.2, 0.25) is 5.91 Å². The second-order valence-corrected chi connectivity index (χ2v) is 6.17. The SMILES string of the molecule is CC(=O)Nc1cccc(C(C)NC(=O)NCCOc2ccc(Cl)cc2)c1. The first kappa shape index (κ1) is 19.6. The molecule has 0 radical (unpaired) electrons. The molecule has 26 heavy (non-hydrogen) atoms. The summed E-state index contributed by atoms with van der Waals surface area (Å²) in [6, 6.07) is 13.9. The van der Waals surface area contributed by atoms with Gasteiger partial charge in [-0.15, -0.1) is 0 Å². The number of hydrogen-bond acceptors (Lipinski definition) is 3. The fourth-order valence-electron chi connectivity index (χ4n) is 2.28. The number of anilines is 1. The van der Waals surface area contributed by atoms with Crippen molar-refractivity contribution in [1.82, 2.24) is 10.6 Å². The van der Waals surface area contributed by atoms with Crippen molar-refractivity contribution in [3.05, 3.63) is 59.1 Å². The average molecular weight is 376 g/mol. The zero-order valence-corrected chi connectivity index (χ0v) is 15.5. The topological polar surface area (TPSA) is 79.5 Å². The van der Waals surface area contributed by atoms with E-state index >= 15 is 0 Å². The molecular formula is C19H22ClN3O3. The Hall–Kier alpha value is -2.73. The highest BCUT2D eigenvalue weighted by Crippen LogP contribution is 2.17. The van der Waals surface area contributed by atoms with Crippen LogP contribution in [0, 0.1) is 0 Å². The molecule has 0 aromatic heterocycles. The smallest absolute Gasteiger partial charge is 0.315 e. The Morgan fingerprint density at radius 3 is 2.58 bits per heavy atom. The Balaban J connectivity index is 1.74. The van der Waals surface area contributed by atoms with E-state index in [1.807, 2.05) is 25.1 Å². The van der Waals surface area contributed by atoms with Gasteiger partial charge >= 0.3 is 6.03 Å². The lowest BCUT2D eigenvalue weighted by atomic mass is 10.1. The van der Waals surface area contributed by atoms with Crippen molar-refractivity contribution in [3.63, 3.8) is 0 Å². The van der Waals surface area contributed by atoms with Gasteiger partial charge in [0.1, 0.15) is 12.4 Å². The van der Waals surface area contributed by atoms with E-state index in [0.29, 0.717) is 29.6 Å². The van der Waals surface area contributed by atoms with E-state index in [-0.39, 0.29) is 18.0 Å². The molecule has 0 spiro atoms. The summed E-state index contributed by atoms with van der Waals surface area (Å²) in [7, 11) is 0. The van der Waals surface area contributed by atoms with Crippen LogP contribution in [0.15, 0.2) is 48.5 Å². The number of ether oxygens (including phenoxy) is 1. The fourth-order valence-corrected chi connectivity index (χ4v) is 2.41. The Morgan fingerprint density at radius 2 is 1.88 bits per heavy atom. The number of carbonyl (C=O) groups is 2. The summed E-state index contributed by atoms with van der Waals surface area (Å²) in [6.07, 6.45) is 0. The van der Waals surface area contributed by atoms with Gasteiger partial charge in [-0.05, 0) is 48.9 Å². The predicted octanol–water partition coefficient (Wildman–Crippen LogP) is 3.74. The highest BCUT2D eigenvalue weighted by atomic mass is 35.5. The van der Waals surface area contributed by atoms with Crippen LogP contribution in [0.1, 0.15) is 25.5 Å². The van der Waals surface area contributed by atoms with E-state index in [1.165, 1.54) is 6.92 Å². The van der Waals surface area contributed by atoms with Crippen LogP contribution in [0.3, 0.4) is 0 Å². The van der Waals surface area contributed by atoms with Crippen LogP contribution in [0.5, 0.6) is 5.75 Å². The van der Waals surface area contributed by atoms with Gasteiger partial charge in [0.15, 0.2) is 0 Å². The number of urea groups is 1. The lowest BCUT2D eigenvalue weighted by Gasteiger charge is -2.16. The standard InChI is InChI=1S/C19H22ClN3O3/c1-13(15-4-3-5-17(12-15)23-14(2)24)22-19(25)21-10-11-26-18-8-6-16(20)7-9-18/h3-9,12-13H,10-11H2,1-2H3,(H,23,24)(H2,21,22,25). The molecule has 0 aliphatic carbocycles. The highest BCUT2D eigenvalue weighted by Gasteiger charge is 2.10. The number of halogens is 1. The first-order valence-corrected chi connectivity index (χ1v) is 8.62. The number of rotatable bonds is 7. The molecule has 0 aliphatic rings. The molecule has 7 heteroatoms. The van der Waals surface area contributed by atoms with Crippen LogP contribution in [0.2, 0.25) is 5.02 Å². The molecular weight excluding hydrogens is 354 g/mol. The van der Waals surface area contributed by atoms with Gasteiger partial charge in [0.25, 0.3) is 0 Å². The van der Waals surface area contributed by atoms with Crippen LogP contribution >= 0.6 is 11.6 Å². The largest absolute Gasteiger partial charge is 0.492 e. The molecule has 1 unspecified atom stereocenters. The van der Waals surface area contributed by atoms with E-state index in [0.717, 1.165) is 5.56 Å². The highest BCUT2D eigenvalue weighted by molar-refractivity contribution is 6.30. The van der Waals surface area contributed by atoms with Crippen molar-refractivity contribution in [2.45, 2.75) is 19.9 Å². The monoisotopic (exact) mass is 375 g/mol. The summed E-state index contributed by atoms with van der Waals surface area (Å²) in [5, 5.41) is 8.96. The zero-order valence-electron chi connectivity index (χ0n) is 14.7. The molecule has 2 aromatic carbocycles. The molecule has 0 saturated heterocycles. The number of hydrogen-bond donors (Lipinski definition) is 3. The molecule has 0 heterocycles. The maximum atomic E-state index is 12.0. The van der Waals surface area contributed by atoms with Gasteiger partial charge < -0.3 is 20.7 Å². The quantitative estimate of drug-likeness (QED) is 0.645. The van der Waals surface area contributed by atoms with Gasteiger partial charge in [0.05, 0.1) is 12.6 Å². The van der Waals surface area contributed by atoms with Gasteiger partial charge in [-0.3, -0.25) is 4.79 Å². The number of carbonyl (C=O) groups excluding carboxylic acids is 2. The molecule has 0 fully saturated rings. The van der Waals surface area contributed by atoms with Crippen molar-refractivity contribution in [2.24, 2.45) is 0 Å². The molecule has 0 saturated carbocycles. The van der Waals surface area contributed by atoms with Crippen LogP contribution in [0.25, 0.3) is 0 Å². The van der Waals surface area contributed by atoms with Crippen molar-refractivity contribution >= 4 is 29.2 Å². The van der Waals surface area contributed by atoms with Gasteiger partial charge in [-0.25, -0.2) is 4.79 Å². The van der Waals surface area contributed by atoms with Crippen molar-refractivity contribution in [2.75, 3.05) is 18.5 Å². The first-order chi connectivity index (χ1) is 12.4. The molecule has 6 nitrogen and oxygen atoms in total. The molecule has 2 rings (SSSR count). The Kier molecular flexibility index (Phi) is 7.29. The zero-order chi connectivity index (χ0) is 18.9. The molecule has 1 atom stereocenters. The fraction of sp³-hybridized carbons (Fsp3) is 0.263. The van der Waals surface area contributed by atoms with Crippen molar-refractivity contribution in [1.29, 1.82) is 0 Å². The summed E-state index contributed by atoms with van der Waals surface area (Å²) in [4.78, 5) is 23.1. The third kappa shape index (κ3) is 6.64. The van der Waals surface area contributed by atoms with Crippen LogP contribution in [0.4, 0.5) is 10.5 Å². The minimum atomic E-state index is -0.290. The third-order valence-corrected chi connectivity index (χ3v) is 3.78. The van der Waals surface area contributed by atoms with E-state index in [4.69, 9.17) is 16.3 Å². The maximum absolute atomic E-state index is 12.0. The minimum Gasteiger partial charge on any atom is -0.492 e. The summed E-state index contributed by atoms with van der Waals surface area (Å²) in [6.45, 7) is 4.04. The number of amides is 3. The van der Waals surface area contributed by atoms with Gasteiger partial charge in [0, 0.05) is 17.6 Å². The van der Waals surface area contributed by atoms with Gasteiger partial charge in [-0.2, -0.15) is 0 Å². The second-order valence-electron chi connectivity index (χ2n) is 5.73. The third-order valence-electron chi connectivity index (χ3n) is 3.52. The summed E-state index contributed by atoms with van der Waals surface area (Å²) >= 11 is 5.81. The Bertz CT molecular complexity index is 750. The maximum Gasteiger partial charge on any atom is 0.315 e. The first-order valence-electron chi connectivity index (χ1n) is 8.24. The van der Waals surface area contributed by atoms with Crippen LogP contribution in [-0.2, 0) is 4.79 Å². The molecule has 2 aromatic rings. The van der Waals surface area contributed by atoms with E-state index in [2.05, 4.69) is 16.0 Å². The lowest BCUT2D eigenvalue weighted by molar-refractivity contribution is -0.114. The van der Waals surface area contributed by atoms with E-state index < -0.39 is 0 Å². The molecule has 3 amide bonds. The van der Waals surface area contributed by atoms with E-state index in [1.54, 1.807) is 30.3 Å². The Morgan fingerprint density at radius 1 is 1.15 bits per heavy atom. The summed E-state index contributed by atoms with van der Waals surface area (Å²) in [5.74, 6) is 0.556. The Labute approximate surface area is 157 Å². The van der Waals surface area contributed by atoms with Crippen molar-refractivity contribution < 1.29 is 14.3 Å². The second kappa shape index (κ2) is 9.68. The molecule has 0 aliphatic heterocycles. The molecule has 138 valence electrons. The average Bonchev–Trinajstić information content (AvgIpc) is 2.60. The van der Waals surface area contributed by atoms with E-state index in [9.17, 15) is 9.59 Å². The van der Waals surface area contributed by atoms with Crippen molar-refractivity contribution in [3.8, 4) is 5.75 Å². The minimum absolute atomic E-state index is 0.138. The summed E-state index contributed by atoms with van der Waals surface area (Å²) < 4.78 is 5.51. The predicted molar refractivity (Wildman–Crippen MR) is 103 cm³/mol. The molecule has 3 N–H and O–H groups in total. The van der Waals surface area contributed by atoms with Crippen LogP contribution in [-0.4, -0.2) is 25.1 Å². The lowest BCUT2D eigenvalue weighted by Crippen LogP contribution is -2.39. The number of benzene rings is 2. The molecule has 0 bridgehead atoms.